The number of sulfonamides is 1. The van der Waals surface area contributed by atoms with Crippen molar-refractivity contribution in [3.8, 4) is 12.3 Å². The lowest BCUT2D eigenvalue weighted by atomic mass is 10.2. The Labute approximate surface area is 118 Å². The predicted molar refractivity (Wildman–Crippen MR) is 76.4 cm³/mol. The van der Waals surface area contributed by atoms with Crippen molar-refractivity contribution in [2.24, 2.45) is 0 Å². The van der Waals surface area contributed by atoms with Crippen molar-refractivity contribution in [2.45, 2.75) is 31.6 Å². The van der Waals surface area contributed by atoms with Crippen molar-refractivity contribution in [1.82, 2.24) is 4.72 Å². The lowest BCUT2D eigenvalue weighted by Crippen LogP contribution is -2.34. The molecule has 1 N–H and O–H groups in total. The molecule has 1 atom stereocenters. The Morgan fingerprint density at radius 1 is 1.45 bits per heavy atom. The molecule has 0 spiro atoms. The van der Waals surface area contributed by atoms with Gasteiger partial charge in [0.25, 0.3) is 5.69 Å². The van der Waals surface area contributed by atoms with E-state index in [1.807, 2.05) is 6.92 Å². The van der Waals surface area contributed by atoms with Crippen LogP contribution >= 0.6 is 0 Å². The lowest BCUT2D eigenvalue weighted by Gasteiger charge is -2.12. The van der Waals surface area contributed by atoms with E-state index in [2.05, 4.69) is 10.6 Å². The van der Waals surface area contributed by atoms with E-state index in [9.17, 15) is 18.5 Å². The van der Waals surface area contributed by atoms with Gasteiger partial charge in [0.05, 0.1) is 16.7 Å². The van der Waals surface area contributed by atoms with Gasteiger partial charge < -0.3 is 0 Å². The van der Waals surface area contributed by atoms with E-state index < -0.39 is 26.7 Å². The van der Waals surface area contributed by atoms with Crippen LogP contribution in [0.2, 0.25) is 0 Å². The number of para-hydroxylation sites is 1. The topological polar surface area (TPSA) is 89.3 Å². The fourth-order valence-electron chi connectivity index (χ4n) is 1.74. The average Bonchev–Trinajstić information content (AvgIpc) is 2.37. The number of terminal acetylenes is 1. The first kappa shape index (κ1) is 16.1. The summed E-state index contributed by atoms with van der Waals surface area (Å²) in [5, 5.41) is 10.8. The van der Waals surface area contributed by atoms with Crippen LogP contribution in [0.15, 0.2) is 24.3 Å². The smallest absolute Gasteiger partial charge is 0.258 e. The fourth-order valence-corrected chi connectivity index (χ4v) is 3.10. The zero-order chi connectivity index (χ0) is 15.2. The molecule has 0 saturated carbocycles. The van der Waals surface area contributed by atoms with E-state index in [-0.39, 0.29) is 11.3 Å². The monoisotopic (exact) mass is 296 g/mol. The third-order valence-corrected chi connectivity index (χ3v) is 3.97. The number of rotatable bonds is 7. The number of benzene rings is 1. The van der Waals surface area contributed by atoms with E-state index in [1.54, 1.807) is 6.07 Å². The average molecular weight is 296 g/mol. The molecule has 0 radical (unpaired) electrons. The first-order chi connectivity index (χ1) is 9.39. The van der Waals surface area contributed by atoms with Crippen molar-refractivity contribution in [2.75, 3.05) is 0 Å². The summed E-state index contributed by atoms with van der Waals surface area (Å²) in [5.74, 6) is 1.89. The molecule has 6 nitrogen and oxygen atoms in total. The molecule has 0 aliphatic rings. The third-order valence-electron chi connectivity index (χ3n) is 2.63. The van der Waals surface area contributed by atoms with Crippen LogP contribution in [0.3, 0.4) is 0 Å². The largest absolute Gasteiger partial charge is 0.273 e. The van der Waals surface area contributed by atoms with Gasteiger partial charge in [-0.15, -0.1) is 6.42 Å². The molecule has 1 aromatic rings. The molecule has 0 heterocycles. The van der Waals surface area contributed by atoms with Crippen LogP contribution in [0.1, 0.15) is 25.3 Å². The number of nitrogens with zero attached hydrogens (tertiary/aromatic N) is 1. The van der Waals surface area contributed by atoms with Gasteiger partial charge in [0.15, 0.2) is 0 Å². The SMILES string of the molecule is C#CC(CCC)NS(=O)(=O)Cc1ccccc1[N+](=O)[O-]. The summed E-state index contributed by atoms with van der Waals surface area (Å²) in [6.07, 6.45) is 6.51. The third kappa shape index (κ3) is 4.64. The van der Waals surface area contributed by atoms with Gasteiger partial charge in [0.1, 0.15) is 0 Å². The van der Waals surface area contributed by atoms with E-state index in [0.717, 1.165) is 6.42 Å². The number of hydrogen-bond donors (Lipinski definition) is 1. The van der Waals surface area contributed by atoms with Gasteiger partial charge in [0.2, 0.25) is 10.0 Å². The van der Waals surface area contributed by atoms with Crippen molar-refractivity contribution in [1.29, 1.82) is 0 Å². The molecule has 1 unspecified atom stereocenters. The molecule has 108 valence electrons. The summed E-state index contributed by atoms with van der Waals surface area (Å²) in [4.78, 5) is 10.2. The predicted octanol–water partition coefficient (Wildman–Crippen LogP) is 1.82. The lowest BCUT2D eigenvalue weighted by molar-refractivity contribution is -0.385. The molecule has 0 fully saturated rings. The van der Waals surface area contributed by atoms with Crippen LogP contribution in [0.4, 0.5) is 5.69 Å². The van der Waals surface area contributed by atoms with Gasteiger partial charge in [-0.05, 0) is 6.42 Å². The van der Waals surface area contributed by atoms with Crippen molar-refractivity contribution >= 4 is 15.7 Å². The maximum Gasteiger partial charge on any atom is 0.273 e. The van der Waals surface area contributed by atoms with E-state index in [1.165, 1.54) is 18.2 Å². The summed E-state index contributed by atoms with van der Waals surface area (Å²) in [6, 6.07) is 5.15. The van der Waals surface area contributed by atoms with Crippen molar-refractivity contribution < 1.29 is 13.3 Å². The molecule has 1 rings (SSSR count). The minimum absolute atomic E-state index is 0.136. The summed E-state index contributed by atoms with van der Waals surface area (Å²) in [6.45, 7) is 1.89. The molecule has 7 heteroatoms. The maximum atomic E-state index is 12.0. The minimum atomic E-state index is -3.72. The second-order valence-corrected chi connectivity index (χ2v) is 6.02. The fraction of sp³-hybridized carbons (Fsp3) is 0.385. The molecule has 1 aromatic carbocycles. The Hall–Kier alpha value is -1.91. The second kappa shape index (κ2) is 7.03. The van der Waals surface area contributed by atoms with Gasteiger partial charge in [0, 0.05) is 11.6 Å². The zero-order valence-corrected chi connectivity index (χ0v) is 11.9. The van der Waals surface area contributed by atoms with Gasteiger partial charge in [-0.3, -0.25) is 10.1 Å². The Morgan fingerprint density at radius 3 is 2.65 bits per heavy atom. The van der Waals surface area contributed by atoms with Gasteiger partial charge in [-0.2, -0.15) is 0 Å². The molecule has 0 aliphatic heterocycles. The molecular formula is C13H16N2O4S. The molecule has 0 bridgehead atoms. The highest BCUT2D eigenvalue weighted by Crippen LogP contribution is 2.19. The van der Waals surface area contributed by atoms with Gasteiger partial charge >= 0.3 is 0 Å². The Kier molecular flexibility index (Phi) is 5.67. The quantitative estimate of drug-likeness (QED) is 0.472. The number of nitro groups is 1. The highest BCUT2D eigenvalue weighted by molar-refractivity contribution is 7.88. The van der Waals surface area contributed by atoms with Gasteiger partial charge in [-0.25, -0.2) is 13.1 Å². The van der Waals surface area contributed by atoms with Crippen LogP contribution in [0.25, 0.3) is 0 Å². The first-order valence-corrected chi connectivity index (χ1v) is 7.73. The number of hydrogen-bond acceptors (Lipinski definition) is 4. The minimum Gasteiger partial charge on any atom is -0.258 e. The van der Waals surface area contributed by atoms with Crippen LogP contribution in [0.5, 0.6) is 0 Å². The summed E-state index contributed by atoms with van der Waals surface area (Å²) in [7, 11) is -3.72. The normalized spacial score (nSPS) is 12.6. The van der Waals surface area contributed by atoms with Crippen LogP contribution < -0.4 is 4.72 Å². The Balaban J connectivity index is 2.92. The second-order valence-electron chi connectivity index (χ2n) is 4.27. The summed E-state index contributed by atoms with van der Waals surface area (Å²) < 4.78 is 26.4. The van der Waals surface area contributed by atoms with Gasteiger partial charge in [-0.1, -0.05) is 37.5 Å². The standard InChI is InChI=1S/C13H16N2O4S/c1-3-7-12(4-2)14-20(18,19)10-11-8-5-6-9-13(11)15(16)17/h2,5-6,8-9,12,14H,3,7,10H2,1H3. The summed E-state index contributed by atoms with van der Waals surface area (Å²) >= 11 is 0. The van der Waals surface area contributed by atoms with Crippen molar-refractivity contribution in [3.05, 3.63) is 39.9 Å². The number of nitrogens with one attached hydrogen (secondary N) is 1. The van der Waals surface area contributed by atoms with Crippen LogP contribution in [-0.2, 0) is 15.8 Å². The van der Waals surface area contributed by atoms with E-state index >= 15 is 0 Å². The van der Waals surface area contributed by atoms with Crippen LogP contribution in [0, 0.1) is 22.5 Å². The van der Waals surface area contributed by atoms with E-state index in [0.29, 0.717) is 6.42 Å². The van der Waals surface area contributed by atoms with Crippen LogP contribution in [-0.4, -0.2) is 19.4 Å². The first-order valence-electron chi connectivity index (χ1n) is 6.08. The molecular weight excluding hydrogens is 280 g/mol. The Bertz CT molecular complexity index is 620. The Morgan fingerprint density at radius 2 is 2.10 bits per heavy atom. The zero-order valence-electron chi connectivity index (χ0n) is 11.1. The molecule has 0 aliphatic carbocycles. The molecule has 20 heavy (non-hydrogen) atoms. The van der Waals surface area contributed by atoms with E-state index in [4.69, 9.17) is 6.42 Å². The molecule has 0 amide bonds. The highest BCUT2D eigenvalue weighted by atomic mass is 32.2. The molecule has 0 aromatic heterocycles. The molecule has 0 saturated heterocycles. The summed E-state index contributed by atoms with van der Waals surface area (Å²) in [5.41, 5.74) is -0.0807. The highest BCUT2D eigenvalue weighted by Gasteiger charge is 2.21. The van der Waals surface area contributed by atoms with Crippen molar-refractivity contribution in [3.63, 3.8) is 0 Å². The number of nitro benzene ring substituents is 1. The maximum absolute atomic E-state index is 12.0.